The zero-order valence-electron chi connectivity index (χ0n) is 6.77. The van der Waals surface area contributed by atoms with Crippen LogP contribution in [-0.2, 0) is 7.05 Å². The van der Waals surface area contributed by atoms with Crippen LogP contribution in [0.2, 0.25) is 5.15 Å². The Morgan fingerprint density at radius 3 is 2.58 bits per heavy atom. The molecule has 0 aliphatic carbocycles. The molecule has 0 bridgehead atoms. The Bertz CT molecular complexity index is 319. The number of carbonyl (C=O) groups excluding carboxylic acids is 1. The maximum absolute atomic E-state index is 11.2. The number of halogens is 2. The second-order valence-electron chi connectivity index (χ2n) is 2.43. The van der Waals surface area contributed by atoms with E-state index in [-0.39, 0.29) is 11.7 Å². The Hall–Kier alpha value is -0.540. The first kappa shape index (κ1) is 9.55. The van der Waals surface area contributed by atoms with E-state index in [1.165, 1.54) is 4.68 Å². The number of hydrogen-bond acceptors (Lipinski definition) is 2. The second kappa shape index (κ2) is 3.46. The van der Waals surface area contributed by atoms with E-state index in [0.29, 0.717) is 16.4 Å². The molecule has 0 radical (unpaired) electrons. The van der Waals surface area contributed by atoms with Gasteiger partial charge in [0.15, 0.2) is 5.78 Å². The zero-order valence-corrected chi connectivity index (χ0v) is 8.28. The SMILES string of the molecule is Cc1nn(C)c(Cl)c1C(=O)CCl. The van der Waals surface area contributed by atoms with Crippen LogP contribution in [-0.4, -0.2) is 21.4 Å². The Balaban J connectivity index is 3.22. The molecule has 0 saturated heterocycles. The minimum Gasteiger partial charge on any atom is -0.293 e. The first-order valence-electron chi connectivity index (χ1n) is 3.36. The van der Waals surface area contributed by atoms with Crippen LogP contribution >= 0.6 is 23.2 Å². The van der Waals surface area contributed by atoms with Gasteiger partial charge in [0.1, 0.15) is 5.15 Å². The fourth-order valence-electron chi connectivity index (χ4n) is 1.01. The highest BCUT2D eigenvalue weighted by atomic mass is 35.5. The van der Waals surface area contributed by atoms with E-state index >= 15 is 0 Å². The first-order chi connectivity index (χ1) is 5.57. The van der Waals surface area contributed by atoms with E-state index in [1.54, 1.807) is 14.0 Å². The van der Waals surface area contributed by atoms with Crippen LogP contribution in [0.4, 0.5) is 0 Å². The lowest BCUT2D eigenvalue weighted by Gasteiger charge is -1.94. The number of nitrogens with zero attached hydrogens (tertiary/aromatic N) is 2. The molecule has 0 unspecified atom stereocenters. The predicted octanol–water partition coefficient (Wildman–Crippen LogP) is 1.80. The molecule has 12 heavy (non-hydrogen) atoms. The van der Waals surface area contributed by atoms with Crippen LogP contribution in [0, 0.1) is 6.92 Å². The molecule has 1 aromatic rings. The van der Waals surface area contributed by atoms with E-state index in [9.17, 15) is 4.79 Å². The number of hydrogen-bond donors (Lipinski definition) is 0. The summed E-state index contributed by atoms with van der Waals surface area (Å²) < 4.78 is 1.46. The van der Waals surface area contributed by atoms with Crippen molar-refractivity contribution in [2.45, 2.75) is 6.92 Å². The third kappa shape index (κ3) is 1.47. The maximum Gasteiger partial charge on any atom is 0.182 e. The lowest BCUT2D eigenvalue weighted by molar-refractivity contribution is 0.102. The van der Waals surface area contributed by atoms with E-state index in [2.05, 4.69) is 5.10 Å². The molecule has 0 aliphatic rings. The summed E-state index contributed by atoms with van der Waals surface area (Å²) >= 11 is 11.2. The van der Waals surface area contributed by atoms with Crippen molar-refractivity contribution in [3.8, 4) is 0 Å². The summed E-state index contributed by atoms with van der Waals surface area (Å²) in [7, 11) is 1.68. The average Bonchev–Trinajstić information content (AvgIpc) is 2.26. The van der Waals surface area contributed by atoms with Crippen molar-refractivity contribution >= 4 is 29.0 Å². The lowest BCUT2D eigenvalue weighted by Crippen LogP contribution is -2.01. The molecule has 3 nitrogen and oxygen atoms in total. The molecule has 5 heteroatoms. The van der Waals surface area contributed by atoms with E-state index < -0.39 is 0 Å². The molecule has 1 heterocycles. The number of rotatable bonds is 2. The maximum atomic E-state index is 11.2. The topological polar surface area (TPSA) is 34.9 Å². The lowest BCUT2D eigenvalue weighted by atomic mass is 10.2. The summed E-state index contributed by atoms with van der Waals surface area (Å²) in [5, 5.41) is 4.33. The first-order valence-corrected chi connectivity index (χ1v) is 4.27. The van der Waals surface area contributed by atoms with Crippen molar-refractivity contribution in [3.05, 3.63) is 16.4 Å². The van der Waals surface area contributed by atoms with Gasteiger partial charge in [-0.2, -0.15) is 5.10 Å². The molecule has 0 amide bonds. The standard InChI is InChI=1S/C7H8Cl2N2O/c1-4-6(5(12)3-8)7(9)11(2)10-4/h3H2,1-2H3. The molecule has 0 spiro atoms. The predicted molar refractivity (Wildman–Crippen MR) is 48.0 cm³/mol. The van der Waals surface area contributed by atoms with Crippen molar-refractivity contribution in [3.63, 3.8) is 0 Å². The molecule has 1 rings (SSSR count). The Kier molecular flexibility index (Phi) is 2.75. The van der Waals surface area contributed by atoms with Gasteiger partial charge in [-0.3, -0.25) is 9.48 Å². The number of aromatic nitrogens is 2. The summed E-state index contributed by atoms with van der Waals surface area (Å²) in [6.45, 7) is 1.73. The Labute approximate surface area is 80.3 Å². The quantitative estimate of drug-likeness (QED) is 0.547. The van der Waals surface area contributed by atoms with Crippen LogP contribution in [0.5, 0.6) is 0 Å². The van der Waals surface area contributed by atoms with Gasteiger partial charge in [0.2, 0.25) is 0 Å². The molecular weight excluding hydrogens is 199 g/mol. The zero-order chi connectivity index (χ0) is 9.30. The molecule has 0 saturated carbocycles. The van der Waals surface area contributed by atoms with Gasteiger partial charge in [0.25, 0.3) is 0 Å². The van der Waals surface area contributed by atoms with Crippen LogP contribution < -0.4 is 0 Å². The van der Waals surface area contributed by atoms with E-state index in [1.807, 2.05) is 0 Å². The average molecular weight is 207 g/mol. The van der Waals surface area contributed by atoms with Gasteiger partial charge in [-0.1, -0.05) is 11.6 Å². The van der Waals surface area contributed by atoms with Gasteiger partial charge < -0.3 is 0 Å². The van der Waals surface area contributed by atoms with Gasteiger partial charge in [0.05, 0.1) is 17.1 Å². The third-order valence-electron chi connectivity index (χ3n) is 1.55. The van der Waals surface area contributed by atoms with Gasteiger partial charge >= 0.3 is 0 Å². The molecule has 0 atom stereocenters. The highest BCUT2D eigenvalue weighted by Crippen LogP contribution is 2.19. The minimum absolute atomic E-state index is 0.0632. The number of Topliss-reactive ketones (excluding diaryl/α,β-unsaturated/α-hetero) is 1. The summed E-state index contributed by atoms with van der Waals surface area (Å²) in [6.07, 6.45) is 0. The van der Waals surface area contributed by atoms with Crippen molar-refractivity contribution in [2.24, 2.45) is 7.05 Å². The van der Waals surface area contributed by atoms with Crippen molar-refractivity contribution in [1.29, 1.82) is 0 Å². The van der Waals surface area contributed by atoms with Crippen molar-refractivity contribution in [1.82, 2.24) is 9.78 Å². The van der Waals surface area contributed by atoms with Gasteiger partial charge in [-0.25, -0.2) is 0 Å². The second-order valence-corrected chi connectivity index (χ2v) is 3.06. The fourth-order valence-corrected chi connectivity index (χ4v) is 1.43. The summed E-state index contributed by atoms with van der Waals surface area (Å²) in [6, 6.07) is 0. The normalized spacial score (nSPS) is 10.3. The summed E-state index contributed by atoms with van der Waals surface area (Å²) in [5.74, 6) is -0.251. The van der Waals surface area contributed by atoms with E-state index in [4.69, 9.17) is 23.2 Å². The molecule has 0 fully saturated rings. The number of ketones is 1. The van der Waals surface area contributed by atoms with Crippen LogP contribution in [0.3, 0.4) is 0 Å². The molecule has 1 aromatic heterocycles. The molecule has 0 N–H and O–H groups in total. The highest BCUT2D eigenvalue weighted by Gasteiger charge is 2.17. The smallest absolute Gasteiger partial charge is 0.182 e. The third-order valence-corrected chi connectivity index (χ3v) is 2.23. The number of carbonyl (C=O) groups is 1. The van der Waals surface area contributed by atoms with Gasteiger partial charge in [-0.15, -0.1) is 11.6 Å². The monoisotopic (exact) mass is 206 g/mol. The number of alkyl halides is 1. The molecule has 0 aromatic carbocycles. The minimum atomic E-state index is -0.188. The molecule has 66 valence electrons. The van der Waals surface area contributed by atoms with Crippen LogP contribution in [0.15, 0.2) is 0 Å². The van der Waals surface area contributed by atoms with Crippen LogP contribution in [0.25, 0.3) is 0 Å². The van der Waals surface area contributed by atoms with Gasteiger partial charge in [-0.05, 0) is 6.92 Å². The summed E-state index contributed by atoms with van der Waals surface area (Å²) in [4.78, 5) is 11.2. The highest BCUT2D eigenvalue weighted by molar-refractivity contribution is 6.36. The van der Waals surface area contributed by atoms with Crippen molar-refractivity contribution < 1.29 is 4.79 Å². The van der Waals surface area contributed by atoms with Crippen LogP contribution in [0.1, 0.15) is 16.1 Å². The Morgan fingerprint density at radius 2 is 2.25 bits per heavy atom. The van der Waals surface area contributed by atoms with Gasteiger partial charge in [0, 0.05) is 7.05 Å². The Morgan fingerprint density at radius 1 is 1.67 bits per heavy atom. The largest absolute Gasteiger partial charge is 0.293 e. The number of aryl methyl sites for hydroxylation is 2. The molecular formula is C7H8Cl2N2O. The van der Waals surface area contributed by atoms with Crippen molar-refractivity contribution in [2.75, 3.05) is 5.88 Å². The van der Waals surface area contributed by atoms with E-state index in [0.717, 1.165) is 0 Å². The molecule has 0 aliphatic heterocycles. The fraction of sp³-hybridized carbons (Fsp3) is 0.429. The summed E-state index contributed by atoms with van der Waals surface area (Å²) in [5.41, 5.74) is 1.04.